The predicted molar refractivity (Wildman–Crippen MR) is 90.3 cm³/mol. The van der Waals surface area contributed by atoms with Crippen LogP contribution in [-0.2, 0) is 6.42 Å². The molecule has 0 spiro atoms. The molecule has 0 radical (unpaired) electrons. The number of aromatic nitrogens is 1. The zero-order chi connectivity index (χ0) is 15.4. The first-order chi connectivity index (χ1) is 10.0. The molecule has 1 aromatic carbocycles. The first-order valence-corrected chi connectivity index (χ1v) is 8.05. The minimum absolute atomic E-state index is 0.235. The number of para-hydroxylation sites is 1. The van der Waals surface area contributed by atoms with Gasteiger partial charge in [0, 0.05) is 14.6 Å². The van der Waals surface area contributed by atoms with Crippen LogP contribution in [0.4, 0.5) is 11.5 Å². The standard InChI is InChI=1S/C15H14Br2N2O2/c1-2-4-10-7-9(15(20)21)8-13(18-10)19-14-11(16)5-3-6-12(14)17/h3,5-8H,2,4H2,1H3,(H,18,19)(H,20,21). The average Bonchev–Trinajstić information content (AvgIpc) is 2.43. The lowest BCUT2D eigenvalue weighted by Crippen LogP contribution is -2.04. The molecule has 0 aliphatic heterocycles. The Morgan fingerprint density at radius 2 is 1.95 bits per heavy atom. The monoisotopic (exact) mass is 412 g/mol. The van der Waals surface area contributed by atoms with Gasteiger partial charge in [0.05, 0.1) is 11.3 Å². The number of carbonyl (C=O) groups is 1. The number of nitrogens with one attached hydrogen (secondary N) is 1. The van der Waals surface area contributed by atoms with Gasteiger partial charge in [0.1, 0.15) is 5.82 Å². The maximum absolute atomic E-state index is 11.2. The van der Waals surface area contributed by atoms with Crippen LogP contribution in [0.1, 0.15) is 29.4 Å². The van der Waals surface area contributed by atoms with E-state index in [9.17, 15) is 9.90 Å². The topological polar surface area (TPSA) is 62.2 Å². The zero-order valence-corrected chi connectivity index (χ0v) is 14.5. The van der Waals surface area contributed by atoms with Crippen LogP contribution >= 0.6 is 31.9 Å². The molecule has 2 aromatic rings. The summed E-state index contributed by atoms with van der Waals surface area (Å²) < 4.78 is 1.74. The van der Waals surface area contributed by atoms with Crippen LogP contribution in [0.3, 0.4) is 0 Å². The summed E-state index contributed by atoms with van der Waals surface area (Å²) in [5.41, 5.74) is 1.82. The maximum atomic E-state index is 11.2. The predicted octanol–water partition coefficient (Wildman–Crippen LogP) is 5.00. The SMILES string of the molecule is CCCc1cc(C(=O)O)cc(Nc2c(Br)cccc2Br)n1. The second-order valence-corrected chi connectivity index (χ2v) is 6.22. The summed E-state index contributed by atoms with van der Waals surface area (Å²) in [4.78, 5) is 15.7. The minimum atomic E-state index is -0.955. The molecule has 0 bridgehead atoms. The molecule has 0 atom stereocenters. The number of aryl methyl sites for hydroxylation is 1. The fourth-order valence-corrected chi connectivity index (χ4v) is 3.10. The quantitative estimate of drug-likeness (QED) is 0.723. The second kappa shape index (κ2) is 7.04. The number of nitrogens with zero attached hydrogens (tertiary/aromatic N) is 1. The molecular weight excluding hydrogens is 400 g/mol. The van der Waals surface area contributed by atoms with Crippen molar-refractivity contribution in [1.82, 2.24) is 4.98 Å². The van der Waals surface area contributed by atoms with E-state index >= 15 is 0 Å². The Morgan fingerprint density at radius 3 is 2.52 bits per heavy atom. The Morgan fingerprint density at radius 1 is 1.29 bits per heavy atom. The molecule has 1 aromatic heterocycles. The third-order valence-corrected chi connectivity index (χ3v) is 4.17. The molecule has 0 aliphatic rings. The van der Waals surface area contributed by atoms with Gasteiger partial charge < -0.3 is 10.4 Å². The van der Waals surface area contributed by atoms with E-state index in [4.69, 9.17) is 0 Å². The molecule has 0 fully saturated rings. The van der Waals surface area contributed by atoms with Gasteiger partial charge in [-0.2, -0.15) is 0 Å². The molecule has 21 heavy (non-hydrogen) atoms. The molecule has 110 valence electrons. The number of rotatable bonds is 5. The molecule has 4 nitrogen and oxygen atoms in total. The highest BCUT2D eigenvalue weighted by molar-refractivity contribution is 9.11. The van der Waals surface area contributed by atoms with Gasteiger partial charge in [0.2, 0.25) is 0 Å². The number of halogens is 2. The van der Waals surface area contributed by atoms with Crippen molar-refractivity contribution in [2.45, 2.75) is 19.8 Å². The maximum Gasteiger partial charge on any atom is 0.335 e. The van der Waals surface area contributed by atoms with E-state index in [1.54, 1.807) is 6.07 Å². The van der Waals surface area contributed by atoms with Crippen molar-refractivity contribution in [2.75, 3.05) is 5.32 Å². The molecule has 0 unspecified atom stereocenters. The van der Waals surface area contributed by atoms with Crippen LogP contribution in [-0.4, -0.2) is 16.1 Å². The van der Waals surface area contributed by atoms with Gasteiger partial charge in [0.25, 0.3) is 0 Å². The van der Waals surface area contributed by atoms with E-state index in [0.29, 0.717) is 5.82 Å². The first kappa shape index (κ1) is 16.0. The number of carboxylic acids is 1. The van der Waals surface area contributed by atoms with Gasteiger partial charge in [-0.15, -0.1) is 0 Å². The summed E-state index contributed by atoms with van der Waals surface area (Å²) in [6.07, 6.45) is 1.65. The molecule has 0 aliphatic carbocycles. The van der Waals surface area contributed by atoms with Crippen molar-refractivity contribution in [2.24, 2.45) is 0 Å². The van der Waals surface area contributed by atoms with E-state index in [1.807, 2.05) is 25.1 Å². The van der Waals surface area contributed by atoms with Crippen molar-refractivity contribution in [1.29, 1.82) is 0 Å². The Kier molecular flexibility index (Phi) is 5.36. The number of benzene rings is 1. The highest BCUT2D eigenvalue weighted by atomic mass is 79.9. The van der Waals surface area contributed by atoms with Crippen LogP contribution < -0.4 is 5.32 Å². The lowest BCUT2D eigenvalue weighted by molar-refractivity contribution is 0.0696. The van der Waals surface area contributed by atoms with Crippen LogP contribution in [0.15, 0.2) is 39.3 Å². The van der Waals surface area contributed by atoms with E-state index in [-0.39, 0.29) is 5.56 Å². The molecule has 6 heteroatoms. The van der Waals surface area contributed by atoms with Gasteiger partial charge in [-0.25, -0.2) is 9.78 Å². The third-order valence-electron chi connectivity index (χ3n) is 2.85. The Hall–Kier alpha value is -1.40. The van der Waals surface area contributed by atoms with E-state index in [1.165, 1.54) is 6.07 Å². The van der Waals surface area contributed by atoms with Crippen LogP contribution in [0, 0.1) is 0 Å². The molecule has 1 heterocycles. The summed E-state index contributed by atoms with van der Waals surface area (Å²) in [5, 5.41) is 12.4. The van der Waals surface area contributed by atoms with Crippen LogP contribution in [0.5, 0.6) is 0 Å². The highest BCUT2D eigenvalue weighted by Crippen LogP contribution is 2.32. The third kappa shape index (κ3) is 4.04. The first-order valence-electron chi connectivity index (χ1n) is 6.46. The summed E-state index contributed by atoms with van der Waals surface area (Å²) in [6, 6.07) is 8.87. The van der Waals surface area contributed by atoms with E-state index in [2.05, 4.69) is 42.2 Å². The Bertz CT molecular complexity index is 654. The fourth-order valence-electron chi connectivity index (χ4n) is 1.90. The molecular formula is C15H14Br2N2O2. The largest absolute Gasteiger partial charge is 0.478 e. The summed E-state index contributed by atoms with van der Waals surface area (Å²) in [6.45, 7) is 2.03. The van der Waals surface area contributed by atoms with Crippen molar-refractivity contribution < 1.29 is 9.90 Å². The number of pyridine rings is 1. The van der Waals surface area contributed by atoms with Crippen molar-refractivity contribution in [3.63, 3.8) is 0 Å². The second-order valence-electron chi connectivity index (χ2n) is 4.51. The zero-order valence-electron chi connectivity index (χ0n) is 11.4. The smallest absolute Gasteiger partial charge is 0.335 e. The van der Waals surface area contributed by atoms with Crippen LogP contribution in [0.25, 0.3) is 0 Å². The number of aromatic carboxylic acids is 1. The Balaban J connectivity index is 2.41. The van der Waals surface area contributed by atoms with Crippen LogP contribution in [0.2, 0.25) is 0 Å². The molecule has 0 amide bonds. The van der Waals surface area contributed by atoms with Gasteiger partial charge in [-0.05, 0) is 62.5 Å². The molecule has 2 N–H and O–H groups in total. The lowest BCUT2D eigenvalue weighted by atomic mass is 10.1. The molecule has 0 saturated carbocycles. The fraction of sp³-hybridized carbons (Fsp3) is 0.200. The Labute approximate surface area is 139 Å². The van der Waals surface area contributed by atoms with Crippen molar-refractivity contribution in [3.05, 3.63) is 50.5 Å². The number of hydrogen-bond donors (Lipinski definition) is 2. The van der Waals surface area contributed by atoms with Gasteiger partial charge in [-0.3, -0.25) is 0 Å². The average molecular weight is 414 g/mol. The number of carboxylic acid groups (broad SMARTS) is 1. The summed E-state index contributed by atoms with van der Waals surface area (Å²) >= 11 is 6.93. The van der Waals surface area contributed by atoms with Crippen molar-refractivity contribution >= 4 is 49.3 Å². The van der Waals surface area contributed by atoms with E-state index < -0.39 is 5.97 Å². The van der Waals surface area contributed by atoms with Gasteiger partial charge in [0.15, 0.2) is 0 Å². The number of anilines is 2. The lowest BCUT2D eigenvalue weighted by Gasteiger charge is -2.12. The summed E-state index contributed by atoms with van der Waals surface area (Å²) in [7, 11) is 0. The number of hydrogen-bond acceptors (Lipinski definition) is 3. The molecule has 2 rings (SSSR count). The van der Waals surface area contributed by atoms with Gasteiger partial charge in [-0.1, -0.05) is 19.4 Å². The minimum Gasteiger partial charge on any atom is -0.478 e. The van der Waals surface area contributed by atoms with Gasteiger partial charge >= 0.3 is 5.97 Å². The summed E-state index contributed by atoms with van der Waals surface area (Å²) in [5.74, 6) is -0.435. The van der Waals surface area contributed by atoms with E-state index in [0.717, 1.165) is 33.2 Å². The normalized spacial score (nSPS) is 10.4. The molecule has 0 saturated heterocycles. The highest BCUT2D eigenvalue weighted by Gasteiger charge is 2.11. The van der Waals surface area contributed by atoms with Crippen molar-refractivity contribution in [3.8, 4) is 0 Å².